The number of amides is 3. The van der Waals surface area contributed by atoms with Crippen molar-refractivity contribution in [2.75, 3.05) is 5.32 Å². The number of urea groups is 1. The topological polar surface area (TPSA) is 119 Å². The van der Waals surface area contributed by atoms with Crippen molar-refractivity contribution in [1.29, 1.82) is 0 Å². The predicted molar refractivity (Wildman–Crippen MR) is 119 cm³/mol. The highest BCUT2D eigenvalue weighted by molar-refractivity contribution is 5.87. The van der Waals surface area contributed by atoms with E-state index in [2.05, 4.69) is 15.6 Å². The minimum Gasteiger partial charge on any atom is -0.351 e. The molecule has 4 N–H and O–H groups in total. The van der Waals surface area contributed by atoms with E-state index >= 15 is 0 Å². The first-order valence-corrected chi connectivity index (χ1v) is 10.4. The number of para-hydroxylation sites is 1. The Balaban J connectivity index is 1.43. The van der Waals surface area contributed by atoms with E-state index < -0.39 is 6.03 Å². The van der Waals surface area contributed by atoms with Crippen molar-refractivity contribution in [3.63, 3.8) is 0 Å². The molecule has 0 bridgehead atoms. The number of nitrogens with two attached hydrogens (primary N) is 1. The summed E-state index contributed by atoms with van der Waals surface area (Å²) in [6.45, 7) is 1.89. The molecular formula is C23H25N5O3. The molecular weight excluding hydrogens is 394 g/mol. The lowest BCUT2D eigenvalue weighted by Crippen LogP contribution is -2.29. The van der Waals surface area contributed by atoms with Crippen LogP contribution in [0.15, 0.2) is 53.3 Å². The highest BCUT2D eigenvalue weighted by atomic mass is 16.2. The Morgan fingerprint density at radius 3 is 2.55 bits per heavy atom. The zero-order valence-corrected chi connectivity index (χ0v) is 17.3. The summed E-state index contributed by atoms with van der Waals surface area (Å²) in [6.07, 6.45) is 2.58. The van der Waals surface area contributed by atoms with Gasteiger partial charge in [0.25, 0.3) is 5.56 Å². The first-order valence-electron chi connectivity index (χ1n) is 10.4. The fourth-order valence-corrected chi connectivity index (χ4v) is 3.70. The largest absolute Gasteiger partial charge is 0.351 e. The minimum atomic E-state index is -0.624. The molecule has 8 heteroatoms. The molecule has 1 aliphatic carbocycles. The molecule has 3 amide bonds. The third-order valence-electron chi connectivity index (χ3n) is 5.42. The first kappa shape index (κ1) is 20.6. The molecule has 0 spiro atoms. The third kappa shape index (κ3) is 4.74. The molecule has 0 aliphatic heterocycles. The first-order chi connectivity index (χ1) is 14.9. The summed E-state index contributed by atoms with van der Waals surface area (Å²) in [5.41, 5.74) is 7.24. The average Bonchev–Trinajstić information content (AvgIpc) is 3.57. The highest BCUT2D eigenvalue weighted by Crippen LogP contribution is 2.34. The van der Waals surface area contributed by atoms with Gasteiger partial charge in [-0.05, 0) is 49.6 Å². The van der Waals surface area contributed by atoms with Crippen LogP contribution in [0, 0.1) is 0 Å². The molecule has 0 radical (unpaired) electrons. The highest BCUT2D eigenvalue weighted by Gasteiger charge is 2.28. The van der Waals surface area contributed by atoms with Gasteiger partial charge in [-0.3, -0.25) is 14.2 Å². The maximum Gasteiger partial charge on any atom is 0.316 e. The van der Waals surface area contributed by atoms with Gasteiger partial charge in [-0.1, -0.05) is 24.3 Å². The molecule has 2 aromatic carbocycles. The van der Waals surface area contributed by atoms with Crippen LogP contribution in [0.3, 0.4) is 0 Å². The predicted octanol–water partition coefficient (Wildman–Crippen LogP) is 3.03. The Hall–Kier alpha value is -3.68. The number of benzene rings is 2. The zero-order chi connectivity index (χ0) is 22.0. The van der Waals surface area contributed by atoms with E-state index in [-0.39, 0.29) is 30.0 Å². The van der Waals surface area contributed by atoms with Crippen LogP contribution in [0.5, 0.6) is 0 Å². The molecule has 1 heterocycles. The maximum atomic E-state index is 12.9. The molecule has 31 heavy (non-hydrogen) atoms. The lowest BCUT2D eigenvalue weighted by atomic mass is 10.1. The normalized spacial score (nSPS) is 14.2. The third-order valence-corrected chi connectivity index (χ3v) is 5.42. The van der Waals surface area contributed by atoms with Gasteiger partial charge in [0, 0.05) is 24.6 Å². The lowest BCUT2D eigenvalue weighted by Gasteiger charge is -2.16. The van der Waals surface area contributed by atoms with E-state index in [1.54, 1.807) is 22.8 Å². The lowest BCUT2D eigenvalue weighted by molar-refractivity contribution is -0.121. The molecule has 1 unspecified atom stereocenters. The number of nitrogens with one attached hydrogen (secondary N) is 2. The summed E-state index contributed by atoms with van der Waals surface area (Å²) < 4.78 is 1.77. The molecule has 3 aromatic rings. The maximum absolute atomic E-state index is 12.9. The second-order valence-corrected chi connectivity index (χ2v) is 7.85. The second-order valence-electron chi connectivity index (χ2n) is 7.85. The van der Waals surface area contributed by atoms with Gasteiger partial charge in [-0.25, -0.2) is 9.78 Å². The number of primary amides is 1. The Kier molecular flexibility index (Phi) is 5.70. The molecule has 4 rings (SSSR count). The fourth-order valence-electron chi connectivity index (χ4n) is 3.70. The second kappa shape index (κ2) is 8.59. The number of hydrogen-bond acceptors (Lipinski definition) is 4. The summed E-state index contributed by atoms with van der Waals surface area (Å²) >= 11 is 0. The molecule has 0 saturated heterocycles. The Morgan fingerprint density at radius 1 is 1.16 bits per heavy atom. The molecule has 1 atom stereocenters. The van der Waals surface area contributed by atoms with Crippen LogP contribution in [-0.4, -0.2) is 21.5 Å². The van der Waals surface area contributed by atoms with Crippen LogP contribution in [0.25, 0.3) is 10.9 Å². The number of anilines is 1. The van der Waals surface area contributed by atoms with Gasteiger partial charge in [0.2, 0.25) is 5.91 Å². The fraction of sp³-hybridized carbons (Fsp3) is 0.304. The number of aryl methyl sites for hydroxylation is 1. The van der Waals surface area contributed by atoms with Crippen molar-refractivity contribution in [3.8, 4) is 0 Å². The summed E-state index contributed by atoms with van der Waals surface area (Å²) in [5.74, 6) is 0.549. The summed E-state index contributed by atoms with van der Waals surface area (Å²) in [7, 11) is 0. The number of aromatic nitrogens is 2. The molecule has 1 saturated carbocycles. The van der Waals surface area contributed by atoms with Crippen LogP contribution in [0.1, 0.15) is 49.7 Å². The van der Waals surface area contributed by atoms with Crippen molar-refractivity contribution in [2.24, 2.45) is 5.73 Å². The van der Waals surface area contributed by atoms with Gasteiger partial charge in [0.15, 0.2) is 0 Å². The van der Waals surface area contributed by atoms with Crippen molar-refractivity contribution >= 4 is 28.5 Å². The van der Waals surface area contributed by atoms with Crippen molar-refractivity contribution < 1.29 is 9.59 Å². The van der Waals surface area contributed by atoms with Crippen LogP contribution < -0.4 is 21.9 Å². The number of hydrogen-bond donors (Lipinski definition) is 3. The van der Waals surface area contributed by atoms with Crippen molar-refractivity contribution in [1.82, 2.24) is 14.9 Å². The molecule has 8 nitrogen and oxygen atoms in total. The number of carbonyl (C=O) groups is 2. The number of nitrogens with zero attached hydrogens (tertiary/aromatic N) is 2. The summed E-state index contributed by atoms with van der Waals surface area (Å²) in [5, 5.41) is 6.10. The van der Waals surface area contributed by atoms with E-state index in [4.69, 9.17) is 5.73 Å². The molecule has 1 aromatic heterocycles. The average molecular weight is 419 g/mol. The van der Waals surface area contributed by atoms with Gasteiger partial charge in [-0.15, -0.1) is 0 Å². The number of rotatable bonds is 7. The SMILES string of the molecule is CC(NC(=O)CCc1nc2ccccc2c(=O)n1C1CC1)c1ccc(NC(N)=O)cc1. The van der Waals surface area contributed by atoms with E-state index in [1.807, 2.05) is 37.3 Å². The van der Waals surface area contributed by atoms with E-state index in [0.717, 1.165) is 18.4 Å². The standard InChI is InChI=1S/C23H25N5O3/c1-14(15-6-8-16(9-7-15)26-23(24)31)25-21(29)13-12-20-27-19-5-3-2-4-18(19)22(30)28(20)17-10-11-17/h2-9,14,17H,10-13H2,1H3,(H,25,29)(H3,24,26,31). The smallest absolute Gasteiger partial charge is 0.316 e. The quantitative estimate of drug-likeness (QED) is 0.545. The van der Waals surface area contributed by atoms with Gasteiger partial charge in [-0.2, -0.15) is 0 Å². The number of carbonyl (C=O) groups excluding carboxylic acids is 2. The van der Waals surface area contributed by atoms with Crippen LogP contribution >= 0.6 is 0 Å². The molecule has 160 valence electrons. The van der Waals surface area contributed by atoms with Crippen LogP contribution in [0.4, 0.5) is 10.5 Å². The molecule has 1 fully saturated rings. The Morgan fingerprint density at radius 2 is 1.87 bits per heavy atom. The molecule has 1 aliphatic rings. The van der Waals surface area contributed by atoms with E-state index in [1.165, 1.54) is 0 Å². The van der Waals surface area contributed by atoms with E-state index in [0.29, 0.717) is 28.8 Å². The van der Waals surface area contributed by atoms with Gasteiger partial charge in [0.05, 0.1) is 16.9 Å². The zero-order valence-electron chi connectivity index (χ0n) is 17.3. The van der Waals surface area contributed by atoms with Crippen LogP contribution in [-0.2, 0) is 11.2 Å². The summed E-state index contributed by atoms with van der Waals surface area (Å²) in [4.78, 5) is 41.1. The van der Waals surface area contributed by atoms with Gasteiger partial charge in [0.1, 0.15) is 5.82 Å². The van der Waals surface area contributed by atoms with Crippen molar-refractivity contribution in [3.05, 3.63) is 70.3 Å². The van der Waals surface area contributed by atoms with Gasteiger partial charge < -0.3 is 16.4 Å². The summed E-state index contributed by atoms with van der Waals surface area (Å²) in [6, 6.07) is 13.8. The van der Waals surface area contributed by atoms with Crippen LogP contribution in [0.2, 0.25) is 0 Å². The monoisotopic (exact) mass is 419 g/mol. The number of fused-ring (bicyclic) bond motifs is 1. The minimum absolute atomic E-state index is 0.0264. The van der Waals surface area contributed by atoms with E-state index in [9.17, 15) is 14.4 Å². The Bertz CT molecular complexity index is 1180. The van der Waals surface area contributed by atoms with Gasteiger partial charge >= 0.3 is 6.03 Å². The van der Waals surface area contributed by atoms with Crippen molar-refractivity contribution in [2.45, 2.75) is 44.7 Å². The Labute approximate surface area is 179 Å².